The van der Waals surface area contributed by atoms with Crippen LogP contribution in [0.1, 0.15) is 35.1 Å². The van der Waals surface area contributed by atoms with Crippen LogP contribution in [0, 0.1) is 13.8 Å². The first-order chi connectivity index (χ1) is 14.3. The van der Waals surface area contributed by atoms with Gasteiger partial charge in [0, 0.05) is 16.9 Å². The summed E-state index contributed by atoms with van der Waals surface area (Å²) in [7, 11) is 0. The highest BCUT2D eigenvalue weighted by Crippen LogP contribution is 2.25. The van der Waals surface area contributed by atoms with Crippen molar-refractivity contribution in [1.82, 2.24) is 9.97 Å². The number of esters is 1. The Labute approximate surface area is 184 Å². The predicted molar refractivity (Wildman–Crippen MR) is 118 cm³/mol. The average molecular weight is 446 g/mol. The highest BCUT2D eigenvalue weighted by atomic mass is 35.5. The molecule has 0 aliphatic heterocycles. The van der Waals surface area contributed by atoms with Gasteiger partial charge in [0.1, 0.15) is 5.82 Å². The van der Waals surface area contributed by atoms with Gasteiger partial charge in [-0.1, -0.05) is 42.3 Å². The molecule has 0 saturated carbocycles. The summed E-state index contributed by atoms with van der Waals surface area (Å²) < 4.78 is 5.41. The number of benzene rings is 2. The molecule has 30 heavy (non-hydrogen) atoms. The summed E-state index contributed by atoms with van der Waals surface area (Å²) in [6.07, 6.45) is -0.621. The van der Waals surface area contributed by atoms with Crippen LogP contribution in [0.25, 0.3) is 11.4 Å². The highest BCUT2D eigenvalue weighted by molar-refractivity contribution is 6.42. The normalized spacial score (nSPS) is 11.8. The number of rotatable bonds is 6. The van der Waals surface area contributed by atoms with Crippen molar-refractivity contribution in [2.24, 2.45) is 0 Å². The molecule has 6 nitrogen and oxygen atoms in total. The van der Waals surface area contributed by atoms with Crippen molar-refractivity contribution in [3.8, 4) is 11.4 Å². The van der Waals surface area contributed by atoms with E-state index in [1.165, 1.54) is 6.07 Å². The molecular weight excluding hydrogens is 425 g/mol. The SMILES string of the molecule is CCC(OC(=O)c1ccc(-c2nc(C)c(C)[nH]2)cc1)C(=O)Nc1ccc(Cl)c(Cl)c1. The smallest absolute Gasteiger partial charge is 0.338 e. The lowest BCUT2D eigenvalue weighted by Gasteiger charge is -2.16. The molecule has 8 heteroatoms. The van der Waals surface area contributed by atoms with Gasteiger partial charge in [0.05, 0.1) is 21.3 Å². The largest absolute Gasteiger partial charge is 0.449 e. The van der Waals surface area contributed by atoms with E-state index in [4.69, 9.17) is 27.9 Å². The van der Waals surface area contributed by atoms with Crippen molar-refractivity contribution < 1.29 is 14.3 Å². The summed E-state index contributed by atoms with van der Waals surface area (Å²) in [4.78, 5) is 32.7. The van der Waals surface area contributed by atoms with Gasteiger partial charge in [0.15, 0.2) is 6.10 Å². The van der Waals surface area contributed by atoms with Crippen LogP contribution >= 0.6 is 23.2 Å². The van der Waals surface area contributed by atoms with E-state index >= 15 is 0 Å². The van der Waals surface area contributed by atoms with Crippen molar-refractivity contribution in [2.75, 3.05) is 5.32 Å². The average Bonchev–Trinajstić information content (AvgIpc) is 3.07. The van der Waals surface area contributed by atoms with Crippen molar-refractivity contribution >= 4 is 40.8 Å². The Bertz CT molecular complexity index is 1060. The molecule has 0 aliphatic carbocycles. The first kappa shape index (κ1) is 21.9. The van der Waals surface area contributed by atoms with Gasteiger partial charge in [-0.15, -0.1) is 0 Å². The Kier molecular flexibility index (Phi) is 6.80. The second-order valence-corrected chi connectivity index (χ2v) is 7.61. The molecular formula is C22H21Cl2N3O3. The Balaban J connectivity index is 1.66. The summed E-state index contributed by atoms with van der Waals surface area (Å²) in [5.41, 5.74) is 3.59. The number of hydrogen-bond acceptors (Lipinski definition) is 4. The maximum absolute atomic E-state index is 12.5. The quantitative estimate of drug-likeness (QED) is 0.485. The van der Waals surface area contributed by atoms with E-state index in [-0.39, 0.29) is 0 Å². The first-order valence-corrected chi connectivity index (χ1v) is 10.1. The number of amides is 1. The third-order valence-corrected chi connectivity index (χ3v) is 5.36. The third kappa shape index (κ3) is 5.01. The minimum atomic E-state index is -0.943. The number of carbonyl (C=O) groups is 2. The van der Waals surface area contributed by atoms with Crippen LogP contribution in [0.3, 0.4) is 0 Å². The van der Waals surface area contributed by atoms with Gasteiger partial charge in [-0.3, -0.25) is 4.79 Å². The fourth-order valence-electron chi connectivity index (χ4n) is 2.76. The number of H-pyrrole nitrogens is 1. The number of aromatic nitrogens is 2. The number of nitrogens with one attached hydrogen (secondary N) is 2. The molecule has 0 saturated heterocycles. The van der Waals surface area contributed by atoms with Crippen molar-refractivity contribution in [2.45, 2.75) is 33.3 Å². The monoisotopic (exact) mass is 445 g/mol. The molecule has 1 atom stereocenters. The maximum Gasteiger partial charge on any atom is 0.338 e. The molecule has 1 unspecified atom stereocenters. The number of hydrogen-bond donors (Lipinski definition) is 2. The Hall–Kier alpha value is -2.83. The molecule has 1 amide bonds. The summed E-state index contributed by atoms with van der Waals surface area (Å²) in [6, 6.07) is 11.6. The lowest BCUT2D eigenvalue weighted by molar-refractivity contribution is -0.124. The number of carbonyl (C=O) groups excluding carboxylic acids is 2. The minimum Gasteiger partial charge on any atom is -0.449 e. The number of nitrogens with zero attached hydrogens (tertiary/aromatic N) is 1. The van der Waals surface area contributed by atoms with E-state index < -0.39 is 18.0 Å². The highest BCUT2D eigenvalue weighted by Gasteiger charge is 2.22. The number of imidazole rings is 1. The van der Waals surface area contributed by atoms with Crippen LogP contribution < -0.4 is 5.32 Å². The minimum absolute atomic E-state index is 0.321. The second kappa shape index (κ2) is 9.32. The molecule has 3 aromatic rings. The Morgan fingerprint density at radius 2 is 1.80 bits per heavy atom. The standard InChI is InChI=1S/C22H21Cl2N3O3/c1-4-19(21(28)27-16-9-10-17(23)18(24)11-16)30-22(29)15-7-5-14(6-8-15)20-25-12(2)13(3)26-20/h5-11,19H,4H2,1-3H3,(H,25,26)(H,27,28). The number of aromatic amines is 1. The van der Waals surface area contributed by atoms with Gasteiger partial charge < -0.3 is 15.0 Å². The van der Waals surface area contributed by atoms with Gasteiger partial charge in [-0.25, -0.2) is 9.78 Å². The number of ether oxygens (including phenoxy) is 1. The van der Waals surface area contributed by atoms with Crippen molar-refractivity contribution in [3.63, 3.8) is 0 Å². The summed E-state index contributed by atoms with van der Waals surface area (Å²) in [5, 5.41) is 3.39. The van der Waals surface area contributed by atoms with Crippen LogP contribution in [-0.2, 0) is 9.53 Å². The van der Waals surface area contributed by atoms with E-state index in [9.17, 15) is 9.59 Å². The van der Waals surface area contributed by atoms with Crippen LogP contribution in [-0.4, -0.2) is 27.9 Å². The van der Waals surface area contributed by atoms with Gasteiger partial charge >= 0.3 is 5.97 Å². The molecule has 156 valence electrons. The summed E-state index contributed by atoms with van der Waals surface area (Å²) in [6.45, 7) is 5.64. The summed E-state index contributed by atoms with van der Waals surface area (Å²) in [5.74, 6) is -0.288. The third-order valence-electron chi connectivity index (χ3n) is 4.62. The second-order valence-electron chi connectivity index (χ2n) is 6.79. The fraction of sp³-hybridized carbons (Fsp3) is 0.227. The van der Waals surface area contributed by atoms with Crippen LogP contribution in [0.2, 0.25) is 10.0 Å². The molecule has 0 bridgehead atoms. The number of halogens is 2. The Morgan fingerprint density at radius 3 is 2.37 bits per heavy atom. The lowest BCUT2D eigenvalue weighted by Crippen LogP contribution is -2.32. The molecule has 0 spiro atoms. The van der Waals surface area contributed by atoms with E-state index in [1.54, 1.807) is 43.3 Å². The topological polar surface area (TPSA) is 84.1 Å². The maximum atomic E-state index is 12.5. The molecule has 0 radical (unpaired) electrons. The summed E-state index contributed by atoms with van der Waals surface area (Å²) >= 11 is 11.8. The molecule has 0 fully saturated rings. The van der Waals surface area contributed by atoms with E-state index in [0.717, 1.165) is 22.8 Å². The van der Waals surface area contributed by atoms with Crippen molar-refractivity contribution in [3.05, 3.63) is 69.5 Å². The van der Waals surface area contributed by atoms with E-state index in [2.05, 4.69) is 15.3 Å². The van der Waals surface area contributed by atoms with Gasteiger partial charge in [-0.05, 0) is 50.6 Å². The molecule has 3 rings (SSSR count). The van der Waals surface area contributed by atoms with Crippen LogP contribution in [0.4, 0.5) is 5.69 Å². The van der Waals surface area contributed by atoms with E-state index in [1.807, 2.05) is 13.8 Å². The number of aryl methyl sites for hydroxylation is 2. The van der Waals surface area contributed by atoms with Gasteiger partial charge in [0.25, 0.3) is 5.91 Å². The Morgan fingerprint density at radius 1 is 1.10 bits per heavy atom. The number of anilines is 1. The van der Waals surface area contributed by atoms with Crippen molar-refractivity contribution in [1.29, 1.82) is 0 Å². The molecule has 0 aliphatic rings. The molecule has 2 aromatic carbocycles. The molecule has 1 aromatic heterocycles. The van der Waals surface area contributed by atoms with Crippen LogP contribution in [0.15, 0.2) is 42.5 Å². The zero-order valence-corrected chi connectivity index (χ0v) is 18.3. The zero-order valence-electron chi connectivity index (χ0n) is 16.8. The molecule has 2 N–H and O–H groups in total. The predicted octanol–water partition coefficient (Wildman–Crippen LogP) is 5.57. The van der Waals surface area contributed by atoms with Crippen LogP contribution in [0.5, 0.6) is 0 Å². The van der Waals surface area contributed by atoms with Gasteiger partial charge in [-0.2, -0.15) is 0 Å². The zero-order chi connectivity index (χ0) is 21.8. The van der Waals surface area contributed by atoms with E-state index in [0.29, 0.717) is 27.7 Å². The fourth-order valence-corrected chi connectivity index (χ4v) is 3.06. The first-order valence-electron chi connectivity index (χ1n) is 9.39. The lowest BCUT2D eigenvalue weighted by atomic mass is 10.1. The molecule has 1 heterocycles. The van der Waals surface area contributed by atoms with Gasteiger partial charge in [0.2, 0.25) is 0 Å².